The zero-order valence-corrected chi connectivity index (χ0v) is 33.9. The summed E-state index contributed by atoms with van der Waals surface area (Å²) in [6.07, 6.45) is 53.2. The van der Waals surface area contributed by atoms with Gasteiger partial charge in [-0.25, -0.2) is 0 Å². The van der Waals surface area contributed by atoms with Gasteiger partial charge in [0.2, 0.25) is 0 Å². The van der Waals surface area contributed by atoms with Gasteiger partial charge in [0, 0.05) is 11.9 Å². The van der Waals surface area contributed by atoms with Gasteiger partial charge in [-0.05, 0) is 12.8 Å². The lowest BCUT2D eigenvalue weighted by Crippen LogP contribution is -2.38. The molecule has 1 N–H and O–H groups in total. The summed E-state index contributed by atoms with van der Waals surface area (Å²) in [5.41, 5.74) is 0. The molecule has 0 amide bonds. The highest BCUT2D eigenvalue weighted by molar-refractivity contribution is 5.68. The molecule has 0 aromatic rings. The molecular weight excluding hydrogens is 601 g/mol. The van der Waals surface area contributed by atoms with Crippen LogP contribution in [0.15, 0.2) is 0 Å². The Morgan fingerprint density at radius 1 is 0.347 bits per heavy atom. The smallest absolute Gasteiger partial charge is 0.0620 e. The molecule has 0 fully saturated rings. The summed E-state index contributed by atoms with van der Waals surface area (Å²) < 4.78 is 0. The Morgan fingerprint density at radius 3 is 0.735 bits per heavy atom. The summed E-state index contributed by atoms with van der Waals surface area (Å²) in [6.45, 7) is 4.56. The van der Waals surface area contributed by atoms with E-state index in [2.05, 4.69) is 13.8 Å². The maximum absolute atomic E-state index is 11.7. The summed E-state index contributed by atoms with van der Waals surface area (Å²) in [7, 11) is 0. The maximum Gasteiger partial charge on any atom is 0.0620 e. The Balaban J connectivity index is 3.38. The van der Waals surface area contributed by atoms with E-state index in [-0.39, 0.29) is 0 Å². The van der Waals surface area contributed by atoms with E-state index in [1.807, 2.05) is 0 Å². The number of unbranched alkanes of at least 4 members (excludes halogenated alkanes) is 37. The van der Waals surface area contributed by atoms with E-state index >= 15 is 0 Å². The summed E-state index contributed by atoms with van der Waals surface area (Å²) in [6, 6.07) is 0. The molecule has 49 heavy (non-hydrogen) atoms. The van der Waals surface area contributed by atoms with Gasteiger partial charge < -0.3 is 15.0 Å². The molecule has 0 aromatic carbocycles. The highest BCUT2D eigenvalue weighted by Gasteiger charge is 2.19. The van der Waals surface area contributed by atoms with Gasteiger partial charge in [0.05, 0.1) is 6.10 Å². The quantitative estimate of drug-likeness (QED) is 0.0647. The number of aliphatic carboxylic acids is 1. The Hall–Kier alpha value is -0.570. The van der Waals surface area contributed by atoms with Gasteiger partial charge in [-0.15, -0.1) is 0 Å². The van der Waals surface area contributed by atoms with Crippen molar-refractivity contribution in [3.05, 3.63) is 0 Å². The molecule has 0 bridgehead atoms. The molecule has 2 atom stereocenters. The van der Waals surface area contributed by atoms with Crippen molar-refractivity contribution in [1.29, 1.82) is 0 Å². The minimum absolute atomic E-state index is 0.570. The molecule has 3 heteroatoms. The van der Waals surface area contributed by atoms with Crippen LogP contribution < -0.4 is 5.11 Å². The Bertz CT molecular complexity index is 619. The molecule has 0 aliphatic heterocycles. The van der Waals surface area contributed by atoms with Crippen molar-refractivity contribution in [3.63, 3.8) is 0 Å². The highest BCUT2D eigenvalue weighted by Crippen LogP contribution is 2.21. The lowest BCUT2D eigenvalue weighted by Gasteiger charge is -2.24. The molecule has 0 saturated heterocycles. The van der Waals surface area contributed by atoms with Crippen LogP contribution in [-0.4, -0.2) is 17.2 Å². The molecule has 0 aromatic heterocycles. The first-order valence-corrected chi connectivity index (χ1v) is 23.0. The molecule has 0 aliphatic carbocycles. The maximum atomic E-state index is 11.7. The number of aliphatic hydroxyl groups is 1. The summed E-state index contributed by atoms with van der Waals surface area (Å²) in [5.74, 6) is -1.74. The van der Waals surface area contributed by atoms with Crippen molar-refractivity contribution in [1.82, 2.24) is 0 Å². The van der Waals surface area contributed by atoms with Gasteiger partial charge in [0.25, 0.3) is 0 Å². The van der Waals surface area contributed by atoms with Crippen molar-refractivity contribution in [2.45, 2.75) is 283 Å². The van der Waals surface area contributed by atoms with Crippen LogP contribution in [0.4, 0.5) is 0 Å². The van der Waals surface area contributed by atoms with Crippen LogP contribution in [0, 0.1) is 5.92 Å². The zero-order chi connectivity index (χ0) is 35.7. The number of hydrogen-bond acceptors (Lipinski definition) is 3. The largest absolute Gasteiger partial charge is 0.550 e. The third-order valence-corrected chi connectivity index (χ3v) is 11.2. The van der Waals surface area contributed by atoms with Crippen molar-refractivity contribution in [3.8, 4) is 0 Å². The fourth-order valence-corrected chi connectivity index (χ4v) is 7.72. The number of hydrogen-bond donors (Lipinski definition) is 1. The summed E-state index contributed by atoms with van der Waals surface area (Å²) >= 11 is 0. The van der Waals surface area contributed by atoms with Crippen LogP contribution in [0.3, 0.4) is 0 Å². The standard InChI is InChI=1S/C46H92O3/c1-3-5-7-9-11-13-15-17-18-19-20-21-22-23-24-25-26-27-28-29-30-31-33-35-37-39-41-43-45(47)44(46(48)49)42-40-38-36-34-32-16-14-12-10-8-6-4-2/h44-45,47H,3-43H2,1-2H3,(H,48,49)/p-1. The van der Waals surface area contributed by atoms with Gasteiger partial charge in [0.15, 0.2) is 0 Å². The third-order valence-electron chi connectivity index (χ3n) is 11.2. The first-order chi connectivity index (χ1) is 24.1. The summed E-state index contributed by atoms with van der Waals surface area (Å²) in [5, 5.41) is 22.2. The first kappa shape index (κ1) is 48.4. The number of aliphatic hydroxyl groups excluding tert-OH is 1. The van der Waals surface area contributed by atoms with Gasteiger partial charge >= 0.3 is 0 Å². The molecule has 0 rings (SSSR count). The predicted molar refractivity (Wildman–Crippen MR) is 215 cm³/mol. The van der Waals surface area contributed by atoms with Crippen molar-refractivity contribution >= 4 is 5.97 Å². The predicted octanol–water partition coefficient (Wildman–Crippen LogP) is 14.7. The molecule has 0 radical (unpaired) electrons. The van der Waals surface area contributed by atoms with Gasteiger partial charge in [0.1, 0.15) is 0 Å². The average molecular weight is 692 g/mol. The Kier molecular flexibility index (Phi) is 41.4. The molecule has 0 spiro atoms. The van der Waals surface area contributed by atoms with E-state index in [1.54, 1.807) is 0 Å². The second-order valence-electron chi connectivity index (χ2n) is 16.2. The SMILES string of the molecule is CCCCCCCCCCCCCCCCCCCCCCCCCCCCCC(O)C(CCCCCCCCCCCCCC)C(=O)[O-]. The number of carbonyl (C=O) groups is 1. The molecule has 0 saturated carbocycles. The molecule has 3 nitrogen and oxygen atoms in total. The van der Waals surface area contributed by atoms with Crippen molar-refractivity contribution in [2.75, 3.05) is 0 Å². The minimum Gasteiger partial charge on any atom is -0.550 e. The average Bonchev–Trinajstić information content (AvgIpc) is 3.09. The number of carboxylic acids is 1. The molecule has 0 heterocycles. The highest BCUT2D eigenvalue weighted by atomic mass is 16.4. The molecule has 294 valence electrons. The van der Waals surface area contributed by atoms with Crippen LogP contribution in [0.1, 0.15) is 277 Å². The van der Waals surface area contributed by atoms with Crippen LogP contribution in [0.5, 0.6) is 0 Å². The lowest BCUT2D eigenvalue weighted by molar-refractivity contribution is -0.314. The normalized spacial score (nSPS) is 12.9. The van der Waals surface area contributed by atoms with E-state index in [0.717, 1.165) is 25.7 Å². The molecule has 0 aliphatic rings. The lowest BCUT2D eigenvalue weighted by atomic mass is 9.91. The van der Waals surface area contributed by atoms with Gasteiger partial charge in [-0.2, -0.15) is 0 Å². The van der Waals surface area contributed by atoms with E-state index < -0.39 is 18.0 Å². The zero-order valence-electron chi connectivity index (χ0n) is 33.9. The minimum atomic E-state index is -1.06. The Morgan fingerprint density at radius 2 is 0.531 bits per heavy atom. The topological polar surface area (TPSA) is 60.4 Å². The first-order valence-electron chi connectivity index (χ1n) is 23.0. The second-order valence-corrected chi connectivity index (χ2v) is 16.2. The number of carbonyl (C=O) groups excluding carboxylic acids is 1. The number of carboxylic acid groups (broad SMARTS) is 1. The Labute approximate surface area is 309 Å². The van der Waals surface area contributed by atoms with E-state index in [0.29, 0.717) is 12.8 Å². The van der Waals surface area contributed by atoms with Crippen LogP contribution in [0.2, 0.25) is 0 Å². The molecule has 2 unspecified atom stereocenters. The monoisotopic (exact) mass is 692 g/mol. The van der Waals surface area contributed by atoms with Crippen LogP contribution in [0.25, 0.3) is 0 Å². The van der Waals surface area contributed by atoms with Crippen LogP contribution in [-0.2, 0) is 4.79 Å². The fourth-order valence-electron chi connectivity index (χ4n) is 7.72. The van der Waals surface area contributed by atoms with Crippen molar-refractivity contribution < 1.29 is 15.0 Å². The van der Waals surface area contributed by atoms with Gasteiger partial charge in [-0.3, -0.25) is 0 Å². The molecular formula is C46H91O3-. The van der Waals surface area contributed by atoms with E-state index in [4.69, 9.17) is 0 Å². The van der Waals surface area contributed by atoms with E-state index in [1.165, 1.54) is 225 Å². The third kappa shape index (κ3) is 38.5. The second kappa shape index (κ2) is 41.8. The fraction of sp³-hybridized carbons (Fsp3) is 0.978. The van der Waals surface area contributed by atoms with Crippen molar-refractivity contribution in [2.24, 2.45) is 5.92 Å². The van der Waals surface area contributed by atoms with Gasteiger partial charge in [-0.1, -0.05) is 264 Å². The summed E-state index contributed by atoms with van der Waals surface area (Å²) in [4.78, 5) is 11.7. The number of rotatable bonds is 43. The van der Waals surface area contributed by atoms with Crippen LogP contribution >= 0.6 is 0 Å². The van der Waals surface area contributed by atoms with E-state index in [9.17, 15) is 15.0 Å².